The van der Waals surface area contributed by atoms with Gasteiger partial charge in [-0.3, -0.25) is 4.79 Å². The molecule has 1 unspecified atom stereocenters. The first-order valence-corrected chi connectivity index (χ1v) is 9.31. The summed E-state index contributed by atoms with van der Waals surface area (Å²) in [6.07, 6.45) is 11.4. The lowest BCUT2D eigenvalue weighted by Gasteiger charge is -2.21. The quantitative estimate of drug-likeness (QED) is 0.733. The van der Waals surface area contributed by atoms with Crippen LogP contribution >= 0.6 is 0 Å². The zero-order valence-electron chi connectivity index (χ0n) is 14.5. The molecule has 23 heavy (non-hydrogen) atoms. The molecule has 3 N–H and O–H groups in total. The van der Waals surface area contributed by atoms with Gasteiger partial charge in [-0.2, -0.15) is 0 Å². The minimum absolute atomic E-state index is 0.144. The van der Waals surface area contributed by atoms with Gasteiger partial charge in [-0.25, -0.2) is 0 Å². The first-order valence-electron chi connectivity index (χ1n) is 9.31. The molecule has 1 aromatic carbocycles. The van der Waals surface area contributed by atoms with Gasteiger partial charge >= 0.3 is 0 Å². The third kappa shape index (κ3) is 6.74. The molecule has 1 aliphatic rings. The fourth-order valence-corrected chi connectivity index (χ4v) is 3.53. The molecule has 1 saturated carbocycles. The molecule has 1 fully saturated rings. The van der Waals surface area contributed by atoms with Crippen molar-refractivity contribution in [1.29, 1.82) is 0 Å². The molecule has 3 heteroatoms. The summed E-state index contributed by atoms with van der Waals surface area (Å²) in [5, 5.41) is 3.02. The van der Waals surface area contributed by atoms with E-state index < -0.39 is 0 Å². The van der Waals surface area contributed by atoms with Gasteiger partial charge in [-0.15, -0.1) is 0 Å². The first kappa shape index (κ1) is 18.0. The minimum atomic E-state index is 0.144. The number of carbonyl (C=O) groups excluding carboxylic acids is 1. The van der Waals surface area contributed by atoms with E-state index in [0.29, 0.717) is 6.42 Å². The van der Waals surface area contributed by atoms with Crippen LogP contribution in [0.25, 0.3) is 0 Å². The number of hydrogen-bond acceptors (Lipinski definition) is 2. The van der Waals surface area contributed by atoms with Gasteiger partial charge in [-0.05, 0) is 42.9 Å². The highest BCUT2D eigenvalue weighted by Crippen LogP contribution is 2.27. The fraction of sp³-hybridized carbons (Fsp3) is 0.650. The normalized spacial score (nSPS) is 17.0. The van der Waals surface area contributed by atoms with Gasteiger partial charge in [0.05, 0.1) is 0 Å². The number of carbonyl (C=O) groups is 1. The smallest absolute Gasteiger partial charge is 0.224 e. The van der Waals surface area contributed by atoms with E-state index in [4.69, 9.17) is 5.73 Å². The third-order valence-electron chi connectivity index (χ3n) is 4.90. The van der Waals surface area contributed by atoms with Crippen molar-refractivity contribution in [2.45, 2.75) is 77.2 Å². The van der Waals surface area contributed by atoms with Crippen molar-refractivity contribution in [1.82, 2.24) is 0 Å². The summed E-state index contributed by atoms with van der Waals surface area (Å²) in [5.41, 5.74) is 8.21. The molecule has 0 aromatic heterocycles. The number of nitrogens with one attached hydrogen (secondary N) is 1. The molecule has 1 atom stereocenters. The maximum atomic E-state index is 12.1. The van der Waals surface area contributed by atoms with E-state index in [0.717, 1.165) is 37.3 Å². The van der Waals surface area contributed by atoms with E-state index in [1.807, 2.05) is 12.1 Å². The van der Waals surface area contributed by atoms with Crippen molar-refractivity contribution >= 4 is 11.6 Å². The predicted molar refractivity (Wildman–Crippen MR) is 97.5 cm³/mol. The second kappa shape index (κ2) is 9.71. The number of anilines is 1. The van der Waals surface area contributed by atoms with Crippen LogP contribution in [-0.4, -0.2) is 11.9 Å². The maximum absolute atomic E-state index is 12.1. The molecular weight excluding hydrogens is 284 g/mol. The van der Waals surface area contributed by atoms with Crippen LogP contribution in [0.4, 0.5) is 5.69 Å². The Hall–Kier alpha value is -1.35. The van der Waals surface area contributed by atoms with Crippen LogP contribution in [0.2, 0.25) is 0 Å². The summed E-state index contributed by atoms with van der Waals surface area (Å²) in [4.78, 5) is 12.1. The second-order valence-electron chi connectivity index (χ2n) is 7.04. The average Bonchev–Trinajstić information content (AvgIpc) is 2.56. The Kier molecular flexibility index (Phi) is 7.60. The molecule has 0 spiro atoms. The van der Waals surface area contributed by atoms with E-state index >= 15 is 0 Å². The molecule has 2 rings (SSSR count). The number of hydrogen-bond donors (Lipinski definition) is 2. The molecule has 1 aliphatic carbocycles. The van der Waals surface area contributed by atoms with Crippen molar-refractivity contribution < 1.29 is 4.79 Å². The Balaban J connectivity index is 1.72. The predicted octanol–water partition coefficient (Wildman–Crippen LogP) is 4.66. The van der Waals surface area contributed by atoms with E-state index in [1.54, 1.807) is 0 Å². The molecule has 128 valence electrons. The van der Waals surface area contributed by atoms with Crippen LogP contribution in [0.15, 0.2) is 24.3 Å². The highest BCUT2D eigenvalue weighted by molar-refractivity contribution is 5.90. The van der Waals surface area contributed by atoms with Crippen LogP contribution in [0, 0.1) is 5.92 Å². The zero-order chi connectivity index (χ0) is 16.5. The van der Waals surface area contributed by atoms with Crippen molar-refractivity contribution in [2.75, 3.05) is 5.32 Å². The Morgan fingerprint density at radius 2 is 1.91 bits per heavy atom. The van der Waals surface area contributed by atoms with Crippen molar-refractivity contribution in [3.63, 3.8) is 0 Å². The van der Waals surface area contributed by atoms with Crippen LogP contribution < -0.4 is 11.1 Å². The standard InChI is InChI=1S/C20H32N2O/c1-2-6-18(21)15-17-9-12-19(13-10-17)22-20(23)14-11-16-7-4-3-5-8-16/h9-10,12-13,16,18H,2-8,11,14-15,21H2,1H3,(H,22,23). The van der Waals surface area contributed by atoms with E-state index in [-0.39, 0.29) is 11.9 Å². The van der Waals surface area contributed by atoms with Crippen molar-refractivity contribution in [3.8, 4) is 0 Å². The Morgan fingerprint density at radius 1 is 1.22 bits per heavy atom. The number of benzene rings is 1. The van der Waals surface area contributed by atoms with Gasteiger partial charge in [0.1, 0.15) is 0 Å². The van der Waals surface area contributed by atoms with Crippen LogP contribution in [0.3, 0.4) is 0 Å². The molecule has 0 bridgehead atoms. The SMILES string of the molecule is CCCC(N)Cc1ccc(NC(=O)CCC2CCCCC2)cc1. The van der Waals surface area contributed by atoms with Crippen LogP contribution in [0.5, 0.6) is 0 Å². The molecular formula is C20H32N2O. The number of nitrogens with two attached hydrogens (primary N) is 1. The second-order valence-corrected chi connectivity index (χ2v) is 7.04. The lowest BCUT2D eigenvalue weighted by Crippen LogP contribution is -2.22. The molecule has 0 aliphatic heterocycles. The first-order chi connectivity index (χ1) is 11.2. The zero-order valence-corrected chi connectivity index (χ0v) is 14.5. The van der Waals surface area contributed by atoms with Gasteiger partial charge in [-0.1, -0.05) is 57.6 Å². The van der Waals surface area contributed by atoms with Gasteiger partial charge in [0.2, 0.25) is 5.91 Å². The van der Waals surface area contributed by atoms with Gasteiger partial charge < -0.3 is 11.1 Å². The summed E-state index contributed by atoms with van der Waals surface area (Å²) >= 11 is 0. The molecule has 1 aromatic rings. The van der Waals surface area contributed by atoms with Gasteiger partial charge in [0, 0.05) is 18.2 Å². The highest BCUT2D eigenvalue weighted by atomic mass is 16.1. The highest BCUT2D eigenvalue weighted by Gasteiger charge is 2.14. The molecule has 0 radical (unpaired) electrons. The lowest BCUT2D eigenvalue weighted by molar-refractivity contribution is -0.116. The van der Waals surface area contributed by atoms with E-state index in [2.05, 4.69) is 24.4 Å². The average molecular weight is 316 g/mol. The summed E-state index contributed by atoms with van der Waals surface area (Å²) < 4.78 is 0. The van der Waals surface area contributed by atoms with Gasteiger partial charge in [0.15, 0.2) is 0 Å². The van der Waals surface area contributed by atoms with Crippen molar-refractivity contribution in [2.24, 2.45) is 11.7 Å². The monoisotopic (exact) mass is 316 g/mol. The van der Waals surface area contributed by atoms with Crippen LogP contribution in [-0.2, 0) is 11.2 Å². The summed E-state index contributed by atoms with van der Waals surface area (Å²) in [6, 6.07) is 8.37. The summed E-state index contributed by atoms with van der Waals surface area (Å²) in [6.45, 7) is 2.16. The number of rotatable bonds is 8. The van der Waals surface area contributed by atoms with Gasteiger partial charge in [0.25, 0.3) is 0 Å². The largest absolute Gasteiger partial charge is 0.327 e. The molecule has 3 nitrogen and oxygen atoms in total. The summed E-state index contributed by atoms with van der Waals surface area (Å²) in [7, 11) is 0. The Morgan fingerprint density at radius 3 is 2.57 bits per heavy atom. The lowest BCUT2D eigenvalue weighted by atomic mass is 9.86. The molecule has 0 saturated heterocycles. The third-order valence-corrected chi connectivity index (χ3v) is 4.90. The maximum Gasteiger partial charge on any atom is 0.224 e. The Labute approximate surface area is 141 Å². The molecule has 0 heterocycles. The van der Waals surface area contributed by atoms with E-state index in [1.165, 1.54) is 37.7 Å². The molecule has 1 amide bonds. The topological polar surface area (TPSA) is 55.1 Å². The number of amides is 1. The fourth-order valence-electron chi connectivity index (χ4n) is 3.53. The van der Waals surface area contributed by atoms with Crippen molar-refractivity contribution in [3.05, 3.63) is 29.8 Å². The minimum Gasteiger partial charge on any atom is -0.327 e. The summed E-state index contributed by atoms with van der Waals surface area (Å²) in [5.74, 6) is 0.905. The van der Waals surface area contributed by atoms with Crippen LogP contribution in [0.1, 0.15) is 70.3 Å². The van der Waals surface area contributed by atoms with E-state index in [9.17, 15) is 4.79 Å². The Bertz CT molecular complexity index is 463.